The smallest absolute Gasteiger partial charge is 0.338 e. The Kier molecular flexibility index (Phi) is 7.81. The van der Waals surface area contributed by atoms with Crippen molar-refractivity contribution in [3.05, 3.63) is 71.8 Å². The van der Waals surface area contributed by atoms with Crippen molar-refractivity contribution < 1.29 is 22.7 Å². The van der Waals surface area contributed by atoms with Gasteiger partial charge in [0.05, 0.1) is 22.7 Å². The summed E-state index contributed by atoms with van der Waals surface area (Å²) < 4.78 is 32.4. The summed E-state index contributed by atoms with van der Waals surface area (Å²) in [5, 5.41) is 2.98. The number of sulfonamides is 1. The zero-order valence-electron chi connectivity index (χ0n) is 15.8. The van der Waals surface area contributed by atoms with Gasteiger partial charge >= 0.3 is 5.97 Å². The van der Waals surface area contributed by atoms with Gasteiger partial charge in [0, 0.05) is 11.6 Å². The lowest BCUT2D eigenvalue weighted by molar-refractivity contribution is -0.124. The third-order valence-electron chi connectivity index (χ3n) is 3.78. The van der Waals surface area contributed by atoms with Gasteiger partial charge in [-0.05, 0) is 49.4 Å². The van der Waals surface area contributed by atoms with Crippen LogP contribution >= 0.6 is 11.6 Å². The molecule has 2 aromatic rings. The second-order valence-corrected chi connectivity index (χ2v) is 8.16. The maximum Gasteiger partial charge on any atom is 0.338 e. The number of likely N-dealkylation sites (N-methyl/N-ethyl adjacent to an activating group) is 1. The molecule has 0 saturated carbocycles. The molecule has 0 bridgehead atoms. The third kappa shape index (κ3) is 5.82. The molecule has 0 aliphatic carbocycles. The number of nitrogens with one attached hydrogen (secondary N) is 1. The number of ether oxygens (including phenoxy) is 1. The summed E-state index contributed by atoms with van der Waals surface area (Å²) in [6, 6.07) is 11.8. The molecule has 154 valence electrons. The van der Waals surface area contributed by atoms with Crippen LogP contribution in [0.15, 0.2) is 66.1 Å². The van der Waals surface area contributed by atoms with Crippen molar-refractivity contribution in [2.75, 3.05) is 24.0 Å². The minimum Gasteiger partial charge on any atom is -0.452 e. The molecule has 0 atom stereocenters. The molecule has 0 unspecified atom stereocenters. The highest BCUT2D eigenvalue weighted by atomic mass is 35.5. The Bertz CT molecular complexity index is 990. The van der Waals surface area contributed by atoms with E-state index < -0.39 is 28.5 Å². The summed E-state index contributed by atoms with van der Waals surface area (Å²) in [7, 11) is -3.99. The zero-order valence-corrected chi connectivity index (χ0v) is 17.4. The molecule has 1 N–H and O–H groups in total. The SMILES string of the molecule is C=CCN(c1ccc(Cl)cc1)S(=O)(=O)c1cccc(C(=O)OCC(=O)NCC)c1. The molecular formula is C20H21ClN2O5S. The highest BCUT2D eigenvalue weighted by Crippen LogP contribution is 2.25. The van der Waals surface area contributed by atoms with E-state index in [0.717, 1.165) is 4.31 Å². The molecular weight excluding hydrogens is 416 g/mol. The van der Waals surface area contributed by atoms with E-state index in [0.29, 0.717) is 17.3 Å². The summed E-state index contributed by atoms with van der Waals surface area (Å²) in [6.07, 6.45) is 1.45. The lowest BCUT2D eigenvalue weighted by atomic mass is 10.2. The quantitative estimate of drug-likeness (QED) is 0.481. The first-order valence-corrected chi connectivity index (χ1v) is 10.5. The van der Waals surface area contributed by atoms with Crippen LogP contribution < -0.4 is 9.62 Å². The number of carbonyl (C=O) groups is 2. The van der Waals surface area contributed by atoms with Gasteiger partial charge in [-0.15, -0.1) is 6.58 Å². The van der Waals surface area contributed by atoms with Crippen molar-refractivity contribution in [2.45, 2.75) is 11.8 Å². The lowest BCUT2D eigenvalue weighted by Crippen LogP contribution is -2.31. The highest BCUT2D eigenvalue weighted by Gasteiger charge is 2.25. The molecule has 7 nitrogen and oxygen atoms in total. The van der Waals surface area contributed by atoms with Gasteiger partial charge in [-0.25, -0.2) is 13.2 Å². The number of esters is 1. The van der Waals surface area contributed by atoms with Gasteiger partial charge in [0.2, 0.25) is 0 Å². The van der Waals surface area contributed by atoms with E-state index in [1.165, 1.54) is 30.3 Å². The van der Waals surface area contributed by atoms with E-state index in [9.17, 15) is 18.0 Å². The molecule has 0 spiro atoms. The normalized spacial score (nSPS) is 10.8. The summed E-state index contributed by atoms with van der Waals surface area (Å²) in [4.78, 5) is 23.5. The monoisotopic (exact) mass is 436 g/mol. The van der Waals surface area contributed by atoms with Crippen molar-refractivity contribution in [2.24, 2.45) is 0 Å². The fraction of sp³-hybridized carbons (Fsp3) is 0.200. The van der Waals surface area contributed by atoms with Gasteiger partial charge in [-0.1, -0.05) is 23.7 Å². The van der Waals surface area contributed by atoms with Gasteiger partial charge in [0.1, 0.15) is 0 Å². The molecule has 1 amide bonds. The predicted octanol–water partition coefficient (Wildman–Crippen LogP) is 3.01. The van der Waals surface area contributed by atoms with E-state index in [2.05, 4.69) is 11.9 Å². The maximum absolute atomic E-state index is 13.2. The van der Waals surface area contributed by atoms with Crippen LogP contribution in [0.4, 0.5) is 5.69 Å². The van der Waals surface area contributed by atoms with E-state index in [1.807, 2.05) is 0 Å². The van der Waals surface area contributed by atoms with Gasteiger partial charge in [-0.2, -0.15) is 0 Å². The van der Waals surface area contributed by atoms with Crippen LogP contribution in [0.1, 0.15) is 17.3 Å². The molecule has 0 aliphatic rings. The molecule has 0 aliphatic heterocycles. The Labute approximate surface area is 175 Å². The van der Waals surface area contributed by atoms with Gasteiger partial charge in [0.15, 0.2) is 6.61 Å². The standard InChI is InChI=1S/C20H21ClN2O5S/c1-3-12-23(17-10-8-16(21)9-11-17)29(26,27)18-7-5-6-15(13-18)20(25)28-14-19(24)22-4-2/h3,5-11,13H,1,4,12,14H2,2H3,(H,22,24). The van der Waals surface area contributed by atoms with E-state index in [1.54, 1.807) is 31.2 Å². The number of amides is 1. The number of nitrogens with zero attached hydrogens (tertiary/aromatic N) is 1. The topological polar surface area (TPSA) is 92.8 Å². The minimum absolute atomic E-state index is 0.0185. The number of hydrogen-bond donors (Lipinski definition) is 1. The Morgan fingerprint density at radius 1 is 1.21 bits per heavy atom. The second-order valence-electron chi connectivity index (χ2n) is 5.86. The van der Waals surface area contributed by atoms with Crippen LogP contribution in [-0.4, -0.2) is 40.0 Å². The van der Waals surface area contributed by atoms with Crippen molar-refractivity contribution in [1.29, 1.82) is 0 Å². The van der Waals surface area contributed by atoms with E-state index in [-0.39, 0.29) is 17.0 Å². The number of benzene rings is 2. The van der Waals surface area contributed by atoms with Crippen LogP contribution in [0.5, 0.6) is 0 Å². The largest absolute Gasteiger partial charge is 0.452 e. The average molecular weight is 437 g/mol. The first kappa shape index (κ1) is 22.4. The summed E-state index contributed by atoms with van der Waals surface area (Å²) in [5.41, 5.74) is 0.420. The van der Waals surface area contributed by atoms with E-state index in [4.69, 9.17) is 16.3 Å². The molecule has 2 rings (SSSR count). The van der Waals surface area contributed by atoms with Crippen molar-refractivity contribution in [3.63, 3.8) is 0 Å². The number of anilines is 1. The van der Waals surface area contributed by atoms with Crippen molar-refractivity contribution in [1.82, 2.24) is 5.32 Å². The molecule has 29 heavy (non-hydrogen) atoms. The van der Waals surface area contributed by atoms with Crippen molar-refractivity contribution >= 4 is 39.2 Å². The number of hydrogen-bond acceptors (Lipinski definition) is 5. The molecule has 9 heteroatoms. The predicted molar refractivity (Wildman–Crippen MR) is 112 cm³/mol. The van der Waals surface area contributed by atoms with Gasteiger partial charge < -0.3 is 10.1 Å². The lowest BCUT2D eigenvalue weighted by Gasteiger charge is -2.23. The molecule has 0 aromatic heterocycles. The third-order valence-corrected chi connectivity index (χ3v) is 5.82. The van der Waals surface area contributed by atoms with Crippen LogP contribution in [0, 0.1) is 0 Å². The second kappa shape index (κ2) is 10.1. The highest BCUT2D eigenvalue weighted by molar-refractivity contribution is 7.92. The maximum atomic E-state index is 13.2. The fourth-order valence-electron chi connectivity index (χ4n) is 2.44. The Morgan fingerprint density at radius 2 is 1.90 bits per heavy atom. The molecule has 2 aromatic carbocycles. The first-order chi connectivity index (χ1) is 13.8. The van der Waals surface area contributed by atoms with Crippen LogP contribution in [-0.2, 0) is 19.6 Å². The van der Waals surface area contributed by atoms with Crippen LogP contribution in [0.2, 0.25) is 5.02 Å². The molecule has 0 saturated heterocycles. The summed E-state index contributed by atoms with van der Waals surface area (Å²) in [5.74, 6) is -1.24. The Balaban J connectivity index is 2.30. The number of rotatable bonds is 9. The zero-order chi connectivity index (χ0) is 21.4. The van der Waals surface area contributed by atoms with Crippen molar-refractivity contribution in [3.8, 4) is 0 Å². The van der Waals surface area contributed by atoms with Crippen LogP contribution in [0.3, 0.4) is 0 Å². The molecule has 0 heterocycles. The number of halogens is 1. The molecule has 0 fully saturated rings. The summed E-state index contributed by atoms with van der Waals surface area (Å²) in [6.45, 7) is 5.33. The van der Waals surface area contributed by atoms with Crippen LogP contribution in [0.25, 0.3) is 0 Å². The van der Waals surface area contributed by atoms with Gasteiger partial charge in [-0.3, -0.25) is 9.10 Å². The van der Waals surface area contributed by atoms with E-state index >= 15 is 0 Å². The first-order valence-electron chi connectivity index (χ1n) is 8.72. The average Bonchev–Trinajstić information content (AvgIpc) is 2.71. The number of carbonyl (C=O) groups excluding carboxylic acids is 2. The fourth-order valence-corrected chi connectivity index (χ4v) is 4.05. The summed E-state index contributed by atoms with van der Waals surface area (Å²) >= 11 is 5.88. The molecule has 0 radical (unpaired) electrons. The van der Waals surface area contributed by atoms with Gasteiger partial charge in [0.25, 0.3) is 15.9 Å². The Morgan fingerprint density at radius 3 is 2.52 bits per heavy atom. The Hall–Kier alpha value is -2.84. The minimum atomic E-state index is -3.99.